The van der Waals surface area contributed by atoms with Gasteiger partial charge in [-0.1, -0.05) is 64.4 Å². The second-order valence-electron chi connectivity index (χ2n) is 6.79. The summed E-state index contributed by atoms with van der Waals surface area (Å²) in [6.45, 7) is 2.24. The molecule has 0 amide bonds. The highest BCUT2D eigenvalue weighted by molar-refractivity contribution is 5.29. The average Bonchev–Trinajstić information content (AvgIpc) is 2.53. The third kappa shape index (κ3) is 4.69. The van der Waals surface area contributed by atoms with E-state index in [1.807, 2.05) is 0 Å². The number of hydrogen-bond donors (Lipinski definition) is 1. The van der Waals surface area contributed by atoms with Gasteiger partial charge in [-0.05, 0) is 36.3 Å². The van der Waals surface area contributed by atoms with Crippen LogP contribution in [-0.2, 0) is 6.42 Å². The van der Waals surface area contributed by atoms with Crippen LogP contribution in [0.25, 0.3) is 0 Å². The predicted molar refractivity (Wildman–Crippen MR) is 85.9 cm³/mol. The Morgan fingerprint density at radius 1 is 0.955 bits per heavy atom. The lowest BCUT2D eigenvalue weighted by Crippen LogP contribution is -2.15. The maximum atomic E-state index is 13.7. The first-order valence-corrected chi connectivity index (χ1v) is 8.77. The van der Waals surface area contributed by atoms with Crippen LogP contribution < -0.4 is 0 Å². The van der Waals surface area contributed by atoms with Crippen LogP contribution >= 0.6 is 0 Å². The molecule has 1 fully saturated rings. The number of aryl methyl sites for hydroxylation is 1. The zero-order valence-corrected chi connectivity index (χ0v) is 13.6. The summed E-state index contributed by atoms with van der Waals surface area (Å²) >= 11 is 0. The van der Waals surface area contributed by atoms with Gasteiger partial charge in [-0.15, -0.1) is 0 Å². The van der Waals surface area contributed by atoms with Gasteiger partial charge in [0, 0.05) is 0 Å². The van der Waals surface area contributed by atoms with E-state index in [0.717, 1.165) is 12.3 Å². The summed E-state index contributed by atoms with van der Waals surface area (Å²) in [5.41, 5.74) is 0.389. The van der Waals surface area contributed by atoms with E-state index in [2.05, 4.69) is 6.92 Å². The summed E-state index contributed by atoms with van der Waals surface area (Å²) in [6, 6.07) is 2.75. The van der Waals surface area contributed by atoms with Crippen molar-refractivity contribution < 1.29 is 13.9 Å². The molecule has 2 rings (SSSR count). The fourth-order valence-corrected chi connectivity index (χ4v) is 3.62. The van der Waals surface area contributed by atoms with E-state index in [0.29, 0.717) is 17.9 Å². The molecule has 1 aromatic carbocycles. The topological polar surface area (TPSA) is 20.2 Å². The van der Waals surface area contributed by atoms with Crippen LogP contribution in [0.15, 0.2) is 12.1 Å². The quantitative estimate of drug-likeness (QED) is 0.613. The fourth-order valence-electron chi connectivity index (χ4n) is 3.62. The Hall–Kier alpha value is -1.12. The Balaban J connectivity index is 1.74. The van der Waals surface area contributed by atoms with Gasteiger partial charge in [0.1, 0.15) is 0 Å². The Kier molecular flexibility index (Phi) is 6.66. The molecule has 0 atom stereocenters. The molecule has 1 N–H and O–H groups in total. The van der Waals surface area contributed by atoms with Crippen LogP contribution in [0, 0.1) is 23.5 Å². The molecular weight excluding hydrogens is 282 g/mol. The number of aromatic hydroxyl groups is 1. The zero-order valence-electron chi connectivity index (χ0n) is 13.6. The van der Waals surface area contributed by atoms with E-state index in [9.17, 15) is 8.78 Å². The first kappa shape index (κ1) is 17.2. The number of rotatable bonds is 7. The van der Waals surface area contributed by atoms with E-state index in [1.54, 1.807) is 0 Å². The van der Waals surface area contributed by atoms with Crippen LogP contribution in [0.4, 0.5) is 8.78 Å². The van der Waals surface area contributed by atoms with Crippen molar-refractivity contribution in [1.82, 2.24) is 0 Å². The van der Waals surface area contributed by atoms with Crippen LogP contribution in [0.1, 0.15) is 70.3 Å². The van der Waals surface area contributed by atoms with E-state index in [1.165, 1.54) is 63.5 Å². The summed E-state index contributed by atoms with van der Waals surface area (Å²) < 4.78 is 27.0. The molecule has 22 heavy (non-hydrogen) atoms. The standard InChI is InChI=1S/C19H28F2O/c1-2-3-4-5-14-6-8-15(9-7-14)10-11-16-12-13-17(22)19(21)18(16)20/h12-15,22H,2-11H2,1H3. The van der Waals surface area contributed by atoms with Gasteiger partial charge in [-0.25, -0.2) is 4.39 Å². The van der Waals surface area contributed by atoms with Crippen molar-refractivity contribution >= 4 is 0 Å². The molecule has 0 heterocycles. The molecule has 0 bridgehead atoms. The van der Waals surface area contributed by atoms with Crippen LogP contribution in [-0.4, -0.2) is 5.11 Å². The second kappa shape index (κ2) is 8.50. The van der Waals surface area contributed by atoms with E-state index >= 15 is 0 Å². The summed E-state index contributed by atoms with van der Waals surface area (Å²) in [5, 5.41) is 9.14. The van der Waals surface area contributed by atoms with Crippen molar-refractivity contribution in [3.63, 3.8) is 0 Å². The number of phenols is 1. The smallest absolute Gasteiger partial charge is 0.200 e. The highest BCUT2D eigenvalue weighted by Gasteiger charge is 2.21. The van der Waals surface area contributed by atoms with Crippen LogP contribution in [0.2, 0.25) is 0 Å². The molecule has 0 aliphatic heterocycles. The number of unbranched alkanes of at least 4 members (excludes halogenated alkanes) is 2. The summed E-state index contributed by atoms with van der Waals surface area (Å²) in [5.74, 6) is -1.08. The number of hydrogen-bond acceptors (Lipinski definition) is 1. The lowest BCUT2D eigenvalue weighted by Gasteiger charge is -2.28. The van der Waals surface area contributed by atoms with Gasteiger partial charge in [0.2, 0.25) is 5.82 Å². The van der Waals surface area contributed by atoms with Crippen molar-refractivity contribution in [3.05, 3.63) is 29.3 Å². The number of phenolic OH excluding ortho intramolecular Hbond substituents is 1. The maximum absolute atomic E-state index is 13.7. The third-order valence-corrected chi connectivity index (χ3v) is 5.15. The molecule has 0 saturated heterocycles. The first-order valence-electron chi connectivity index (χ1n) is 8.77. The molecule has 1 nitrogen and oxygen atoms in total. The van der Waals surface area contributed by atoms with Crippen LogP contribution in [0.5, 0.6) is 5.75 Å². The summed E-state index contributed by atoms with van der Waals surface area (Å²) in [6.07, 6.45) is 11.8. The van der Waals surface area contributed by atoms with Gasteiger partial charge < -0.3 is 5.11 Å². The van der Waals surface area contributed by atoms with Gasteiger partial charge in [0.25, 0.3) is 0 Å². The van der Waals surface area contributed by atoms with Gasteiger partial charge in [-0.3, -0.25) is 0 Å². The Morgan fingerprint density at radius 2 is 1.59 bits per heavy atom. The maximum Gasteiger partial charge on any atom is 0.200 e. The number of benzene rings is 1. The SMILES string of the molecule is CCCCCC1CCC(CCc2ccc(O)c(F)c2F)CC1. The zero-order chi connectivity index (χ0) is 15.9. The second-order valence-corrected chi connectivity index (χ2v) is 6.79. The minimum atomic E-state index is -1.11. The summed E-state index contributed by atoms with van der Waals surface area (Å²) in [7, 11) is 0. The molecule has 0 radical (unpaired) electrons. The Bertz CT molecular complexity index is 465. The lowest BCUT2D eigenvalue weighted by atomic mass is 9.78. The molecule has 0 aromatic heterocycles. The molecule has 1 aliphatic rings. The fraction of sp³-hybridized carbons (Fsp3) is 0.684. The highest BCUT2D eigenvalue weighted by atomic mass is 19.2. The van der Waals surface area contributed by atoms with Gasteiger partial charge in [0.05, 0.1) is 0 Å². The van der Waals surface area contributed by atoms with E-state index in [4.69, 9.17) is 5.11 Å². The largest absolute Gasteiger partial charge is 0.505 e. The first-order chi connectivity index (χ1) is 10.6. The summed E-state index contributed by atoms with van der Waals surface area (Å²) in [4.78, 5) is 0. The van der Waals surface area contributed by atoms with Crippen molar-refractivity contribution in [2.75, 3.05) is 0 Å². The predicted octanol–water partition coefficient (Wildman–Crippen LogP) is 5.99. The Morgan fingerprint density at radius 3 is 2.23 bits per heavy atom. The number of halogens is 2. The van der Waals surface area contributed by atoms with Gasteiger partial charge in [-0.2, -0.15) is 4.39 Å². The van der Waals surface area contributed by atoms with E-state index in [-0.39, 0.29) is 0 Å². The minimum Gasteiger partial charge on any atom is -0.505 e. The molecule has 0 unspecified atom stereocenters. The third-order valence-electron chi connectivity index (χ3n) is 5.15. The van der Waals surface area contributed by atoms with Crippen molar-refractivity contribution in [2.24, 2.45) is 11.8 Å². The lowest BCUT2D eigenvalue weighted by molar-refractivity contribution is 0.248. The molecule has 1 aromatic rings. The molecule has 124 valence electrons. The van der Waals surface area contributed by atoms with Crippen molar-refractivity contribution in [1.29, 1.82) is 0 Å². The molecule has 1 aliphatic carbocycles. The molecular formula is C19H28F2O. The normalized spacial score (nSPS) is 22.0. The van der Waals surface area contributed by atoms with Gasteiger partial charge in [0.15, 0.2) is 11.6 Å². The minimum absolute atomic E-state index is 0.389. The van der Waals surface area contributed by atoms with E-state index < -0.39 is 17.4 Å². The molecule has 3 heteroatoms. The molecule has 0 spiro atoms. The monoisotopic (exact) mass is 310 g/mol. The van der Waals surface area contributed by atoms with Crippen LogP contribution in [0.3, 0.4) is 0 Å². The molecule has 1 saturated carbocycles. The average molecular weight is 310 g/mol. The van der Waals surface area contributed by atoms with Crippen molar-refractivity contribution in [3.8, 4) is 5.75 Å². The van der Waals surface area contributed by atoms with Gasteiger partial charge >= 0.3 is 0 Å². The highest BCUT2D eigenvalue weighted by Crippen LogP contribution is 2.34. The Labute approximate surface area is 132 Å². The van der Waals surface area contributed by atoms with Crippen molar-refractivity contribution in [2.45, 2.75) is 71.1 Å².